The van der Waals surface area contributed by atoms with Crippen LogP contribution in [-0.4, -0.2) is 46.8 Å². The van der Waals surface area contributed by atoms with Crippen molar-refractivity contribution >= 4 is 17.7 Å². The fourth-order valence-corrected chi connectivity index (χ4v) is 2.62. The zero-order valence-electron chi connectivity index (χ0n) is 13.4. The predicted molar refractivity (Wildman–Crippen MR) is 90.8 cm³/mol. The summed E-state index contributed by atoms with van der Waals surface area (Å²) >= 11 is 0. The van der Waals surface area contributed by atoms with Crippen molar-refractivity contribution < 1.29 is 24.5 Å². The number of hydrogen-bond acceptors (Lipinski definition) is 4. The molecule has 0 radical (unpaired) electrons. The lowest BCUT2D eigenvalue weighted by Gasteiger charge is -2.31. The van der Waals surface area contributed by atoms with Crippen molar-refractivity contribution in [3.63, 3.8) is 0 Å². The van der Waals surface area contributed by atoms with Gasteiger partial charge >= 0.3 is 6.09 Å². The van der Waals surface area contributed by atoms with Crippen molar-refractivity contribution in [3.05, 3.63) is 59.7 Å². The van der Waals surface area contributed by atoms with Gasteiger partial charge in [0.15, 0.2) is 0 Å². The topological polar surface area (TPSA) is 99.1 Å². The first-order valence-electron chi connectivity index (χ1n) is 7.83. The molecule has 2 aromatic carbocycles. The van der Waals surface area contributed by atoms with Crippen molar-refractivity contribution in [3.8, 4) is 5.75 Å². The number of anilines is 1. The van der Waals surface area contributed by atoms with Crippen molar-refractivity contribution in [1.82, 2.24) is 4.90 Å². The Hall–Kier alpha value is -3.06. The van der Waals surface area contributed by atoms with Crippen LogP contribution in [0.3, 0.4) is 0 Å². The lowest BCUT2D eigenvalue weighted by Crippen LogP contribution is -2.41. The fourth-order valence-electron chi connectivity index (χ4n) is 2.62. The van der Waals surface area contributed by atoms with Gasteiger partial charge in [0.2, 0.25) is 0 Å². The molecular weight excluding hydrogens is 324 g/mol. The zero-order valence-corrected chi connectivity index (χ0v) is 13.4. The van der Waals surface area contributed by atoms with E-state index in [-0.39, 0.29) is 24.3 Å². The van der Waals surface area contributed by atoms with Crippen LogP contribution < -0.4 is 5.32 Å². The molecule has 1 aliphatic rings. The second-order valence-electron chi connectivity index (χ2n) is 5.71. The number of amides is 2. The highest BCUT2D eigenvalue weighted by Gasteiger charge is 2.24. The maximum atomic E-state index is 12.1. The number of benzene rings is 2. The Morgan fingerprint density at radius 3 is 2.40 bits per heavy atom. The van der Waals surface area contributed by atoms with Gasteiger partial charge in [0.1, 0.15) is 11.9 Å². The number of morpholine rings is 1. The third kappa shape index (κ3) is 4.07. The summed E-state index contributed by atoms with van der Waals surface area (Å²) in [5.41, 5.74) is 1.91. The molecule has 25 heavy (non-hydrogen) atoms. The molecule has 3 N–H and O–H groups in total. The Morgan fingerprint density at radius 2 is 1.76 bits per heavy atom. The van der Waals surface area contributed by atoms with Crippen molar-refractivity contribution in [2.75, 3.05) is 25.0 Å². The summed E-state index contributed by atoms with van der Waals surface area (Å²) < 4.78 is 5.63. The van der Waals surface area contributed by atoms with Crippen LogP contribution in [0.1, 0.15) is 22.0 Å². The Morgan fingerprint density at radius 1 is 1.08 bits per heavy atom. The second-order valence-corrected chi connectivity index (χ2v) is 5.71. The Kier molecular flexibility index (Phi) is 4.85. The number of phenols is 1. The summed E-state index contributed by atoms with van der Waals surface area (Å²) in [5.74, 6) is -0.178. The van der Waals surface area contributed by atoms with E-state index in [2.05, 4.69) is 5.32 Å². The van der Waals surface area contributed by atoms with E-state index in [1.54, 1.807) is 12.1 Å². The SMILES string of the molecule is O=C(Nc1ccc(C2CN(C(=O)O)CCO2)cc1)c1ccc(O)cc1. The number of carbonyl (C=O) groups excluding carboxylic acids is 1. The van der Waals surface area contributed by atoms with E-state index in [0.717, 1.165) is 5.56 Å². The van der Waals surface area contributed by atoms with Crippen LogP contribution >= 0.6 is 0 Å². The molecule has 1 aliphatic heterocycles. The fraction of sp³-hybridized carbons (Fsp3) is 0.222. The number of carboxylic acid groups (broad SMARTS) is 1. The third-order valence-electron chi connectivity index (χ3n) is 4.01. The molecule has 0 aromatic heterocycles. The highest BCUT2D eigenvalue weighted by atomic mass is 16.5. The molecule has 7 heteroatoms. The Balaban J connectivity index is 1.65. The van der Waals surface area contributed by atoms with Gasteiger partial charge in [-0.1, -0.05) is 12.1 Å². The first-order valence-corrected chi connectivity index (χ1v) is 7.83. The molecule has 130 valence electrons. The first-order chi connectivity index (χ1) is 12.0. The standard InChI is InChI=1S/C18H18N2O5/c21-15-7-3-13(4-8-15)17(22)19-14-5-1-12(2-6-14)16-11-20(18(23)24)9-10-25-16/h1-8,16,21H,9-11H2,(H,19,22)(H,23,24). The second kappa shape index (κ2) is 7.23. The summed E-state index contributed by atoms with van der Waals surface area (Å²) in [6.07, 6.45) is -1.27. The van der Waals surface area contributed by atoms with Crippen LogP contribution in [0.5, 0.6) is 5.75 Å². The Labute approximate surface area is 144 Å². The third-order valence-corrected chi connectivity index (χ3v) is 4.01. The van der Waals surface area contributed by atoms with E-state index in [4.69, 9.17) is 9.84 Å². The quantitative estimate of drug-likeness (QED) is 0.796. The number of nitrogens with one attached hydrogen (secondary N) is 1. The number of ether oxygens (including phenoxy) is 1. The van der Waals surface area contributed by atoms with Crippen LogP contribution in [-0.2, 0) is 4.74 Å². The average Bonchev–Trinajstić information content (AvgIpc) is 2.63. The average molecular weight is 342 g/mol. The highest BCUT2D eigenvalue weighted by molar-refractivity contribution is 6.04. The van der Waals surface area contributed by atoms with E-state index >= 15 is 0 Å². The normalized spacial score (nSPS) is 17.1. The molecule has 2 amide bonds. The number of rotatable bonds is 3. The summed E-state index contributed by atoms with van der Waals surface area (Å²) in [7, 11) is 0. The number of aromatic hydroxyl groups is 1. The molecule has 2 aromatic rings. The predicted octanol–water partition coefficient (Wildman–Crippen LogP) is 2.70. The minimum atomic E-state index is -0.953. The molecule has 1 fully saturated rings. The molecule has 1 saturated heterocycles. The first kappa shape index (κ1) is 16.8. The van der Waals surface area contributed by atoms with Gasteiger partial charge in [0, 0.05) is 17.8 Å². The number of hydrogen-bond donors (Lipinski definition) is 3. The monoisotopic (exact) mass is 342 g/mol. The van der Waals surface area contributed by atoms with Crippen molar-refractivity contribution in [1.29, 1.82) is 0 Å². The lowest BCUT2D eigenvalue weighted by molar-refractivity contribution is -0.0231. The van der Waals surface area contributed by atoms with Gasteiger partial charge < -0.3 is 25.2 Å². The molecule has 1 atom stereocenters. The van der Waals surface area contributed by atoms with Crippen LogP contribution in [0.2, 0.25) is 0 Å². The highest BCUT2D eigenvalue weighted by Crippen LogP contribution is 2.24. The van der Waals surface area contributed by atoms with Crippen LogP contribution in [0, 0.1) is 0 Å². The molecule has 1 heterocycles. The Bertz CT molecular complexity index is 758. The molecule has 0 saturated carbocycles. The molecule has 7 nitrogen and oxygen atoms in total. The van der Waals surface area contributed by atoms with E-state index in [0.29, 0.717) is 24.4 Å². The van der Waals surface area contributed by atoms with Crippen molar-refractivity contribution in [2.24, 2.45) is 0 Å². The maximum Gasteiger partial charge on any atom is 0.407 e. The molecule has 0 bridgehead atoms. The van der Waals surface area contributed by atoms with Gasteiger partial charge in [-0.25, -0.2) is 4.79 Å². The summed E-state index contributed by atoms with van der Waals surface area (Å²) in [6.45, 7) is 1.01. The van der Waals surface area contributed by atoms with Crippen LogP contribution in [0.15, 0.2) is 48.5 Å². The van der Waals surface area contributed by atoms with Crippen LogP contribution in [0.25, 0.3) is 0 Å². The molecule has 0 aliphatic carbocycles. The van der Waals surface area contributed by atoms with Gasteiger partial charge in [0.25, 0.3) is 5.91 Å². The maximum absolute atomic E-state index is 12.1. The van der Waals surface area contributed by atoms with Gasteiger partial charge in [-0.15, -0.1) is 0 Å². The molecular formula is C18H18N2O5. The number of nitrogens with zero attached hydrogens (tertiary/aromatic N) is 1. The van der Waals surface area contributed by atoms with Crippen molar-refractivity contribution in [2.45, 2.75) is 6.10 Å². The summed E-state index contributed by atoms with van der Waals surface area (Å²) in [5, 5.41) is 21.1. The van der Waals surface area contributed by atoms with E-state index in [1.807, 2.05) is 12.1 Å². The lowest BCUT2D eigenvalue weighted by atomic mass is 10.1. The van der Waals surface area contributed by atoms with Gasteiger partial charge in [-0.2, -0.15) is 0 Å². The minimum Gasteiger partial charge on any atom is -0.508 e. The smallest absolute Gasteiger partial charge is 0.407 e. The van der Waals surface area contributed by atoms with Gasteiger partial charge in [-0.3, -0.25) is 4.79 Å². The summed E-state index contributed by atoms with van der Waals surface area (Å²) in [4.78, 5) is 24.5. The van der Waals surface area contributed by atoms with Gasteiger partial charge in [0.05, 0.1) is 13.2 Å². The van der Waals surface area contributed by atoms with E-state index in [1.165, 1.54) is 29.2 Å². The molecule has 0 spiro atoms. The van der Waals surface area contributed by atoms with E-state index < -0.39 is 6.09 Å². The molecule has 3 rings (SSSR count). The number of carbonyl (C=O) groups is 2. The largest absolute Gasteiger partial charge is 0.508 e. The molecule has 1 unspecified atom stereocenters. The summed E-state index contributed by atoms with van der Waals surface area (Å²) in [6, 6.07) is 13.1. The van der Waals surface area contributed by atoms with Crippen LogP contribution in [0.4, 0.5) is 10.5 Å². The zero-order chi connectivity index (χ0) is 17.8. The van der Waals surface area contributed by atoms with Gasteiger partial charge in [-0.05, 0) is 42.0 Å². The minimum absolute atomic E-state index is 0.101. The van der Waals surface area contributed by atoms with E-state index in [9.17, 15) is 14.7 Å². The number of phenolic OH excluding ortho intramolecular Hbond substituents is 1.